The Kier molecular flexibility index (Phi) is 6.88. The molecule has 0 saturated carbocycles. The first-order valence-corrected chi connectivity index (χ1v) is 14.1. The Morgan fingerprint density at radius 1 is 1.05 bits per heavy atom. The molecule has 0 bridgehead atoms. The number of benzene rings is 2. The average Bonchev–Trinajstić information content (AvgIpc) is 3.36. The Hall–Kier alpha value is -3.73. The number of primary amides is 1. The van der Waals surface area contributed by atoms with Crippen molar-refractivity contribution in [3.05, 3.63) is 82.2 Å². The van der Waals surface area contributed by atoms with Gasteiger partial charge in [0.05, 0.1) is 35.6 Å². The van der Waals surface area contributed by atoms with E-state index >= 15 is 0 Å². The minimum Gasteiger partial charge on any atom is -0.403 e. The van der Waals surface area contributed by atoms with E-state index in [1.165, 1.54) is 0 Å². The van der Waals surface area contributed by atoms with E-state index < -0.39 is 5.91 Å². The fraction of sp³-hybridized carbons (Fsp3) is 0.387. The van der Waals surface area contributed by atoms with E-state index in [2.05, 4.69) is 57.3 Å². The molecule has 2 aliphatic rings. The van der Waals surface area contributed by atoms with E-state index in [9.17, 15) is 4.79 Å². The standard InChI is InChI=1S/C31H36BN5O4/c1-19-14-23-22(27(33)38)10-7-11-26(23)37(19)29-35-25-12-13-39-18-24(25)28(36-29)34-17-21-9-6-8-20(15-21)16-32-40-30(2,3)31(4,5)41-32/h6-11,14-15H,12-13,16-18H2,1-5H3,(H2,33,38)(H,34,35,36). The van der Waals surface area contributed by atoms with Crippen LogP contribution in [0.2, 0.25) is 0 Å². The Balaban J connectivity index is 1.28. The van der Waals surface area contributed by atoms with E-state index in [1.54, 1.807) is 6.07 Å². The molecule has 2 aromatic carbocycles. The molecule has 1 saturated heterocycles. The van der Waals surface area contributed by atoms with Crippen molar-refractivity contribution in [1.29, 1.82) is 0 Å². The molecular weight excluding hydrogens is 517 g/mol. The molecule has 0 unspecified atom stereocenters. The first-order valence-electron chi connectivity index (χ1n) is 14.1. The molecule has 10 heteroatoms. The molecular formula is C31H36BN5O4. The SMILES string of the molecule is Cc1cc2c(C(N)=O)cccc2n1-c1nc2c(c(NCc3cccc(CB4OC(C)(C)C(C)(C)O4)c3)n1)COCC2. The van der Waals surface area contributed by atoms with Gasteiger partial charge in [-0.1, -0.05) is 30.3 Å². The zero-order valence-electron chi connectivity index (χ0n) is 24.3. The van der Waals surface area contributed by atoms with Crippen molar-refractivity contribution >= 4 is 29.7 Å². The smallest absolute Gasteiger partial charge is 0.403 e. The Morgan fingerprint density at radius 2 is 1.78 bits per heavy atom. The van der Waals surface area contributed by atoms with Gasteiger partial charge in [-0.15, -0.1) is 0 Å². The van der Waals surface area contributed by atoms with Crippen LogP contribution < -0.4 is 11.1 Å². The third kappa shape index (κ3) is 5.12. The minimum absolute atomic E-state index is 0.286. The Morgan fingerprint density at radius 3 is 2.54 bits per heavy atom. The van der Waals surface area contributed by atoms with Gasteiger partial charge < -0.3 is 25.1 Å². The molecule has 2 aromatic heterocycles. The van der Waals surface area contributed by atoms with Crippen LogP contribution in [-0.2, 0) is 39.9 Å². The number of aromatic nitrogens is 3. The summed E-state index contributed by atoms with van der Waals surface area (Å²) in [6.45, 7) is 11.9. The number of hydrogen-bond donors (Lipinski definition) is 2. The normalized spacial score (nSPS) is 17.5. The van der Waals surface area contributed by atoms with Gasteiger partial charge >= 0.3 is 7.12 Å². The number of aryl methyl sites for hydroxylation is 1. The van der Waals surface area contributed by atoms with Gasteiger partial charge in [0.15, 0.2) is 0 Å². The monoisotopic (exact) mass is 553 g/mol. The van der Waals surface area contributed by atoms with Gasteiger partial charge in [-0.2, -0.15) is 4.98 Å². The summed E-state index contributed by atoms with van der Waals surface area (Å²) in [6, 6.07) is 15.9. The molecule has 0 aliphatic carbocycles. The third-order valence-corrected chi connectivity index (χ3v) is 8.46. The fourth-order valence-corrected chi connectivity index (χ4v) is 5.60. The maximum absolute atomic E-state index is 12.1. The molecule has 4 aromatic rings. The zero-order chi connectivity index (χ0) is 28.9. The second-order valence-electron chi connectivity index (χ2n) is 11.9. The van der Waals surface area contributed by atoms with Crippen molar-refractivity contribution in [2.75, 3.05) is 11.9 Å². The van der Waals surface area contributed by atoms with Crippen molar-refractivity contribution in [1.82, 2.24) is 14.5 Å². The molecule has 1 amide bonds. The molecule has 41 heavy (non-hydrogen) atoms. The summed E-state index contributed by atoms with van der Waals surface area (Å²) in [4.78, 5) is 22.0. The van der Waals surface area contributed by atoms with Gasteiger partial charge in [0.25, 0.3) is 0 Å². The lowest BCUT2D eigenvalue weighted by Gasteiger charge is -2.32. The largest absolute Gasteiger partial charge is 0.462 e. The molecule has 0 radical (unpaired) electrons. The van der Waals surface area contributed by atoms with E-state index in [0.717, 1.165) is 44.8 Å². The van der Waals surface area contributed by atoms with Crippen LogP contribution in [0.15, 0.2) is 48.5 Å². The van der Waals surface area contributed by atoms with Gasteiger partial charge in [-0.25, -0.2) is 4.98 Å². The molecule has 1 fully saturated rings. The number of amides is 1. The number of ether oxygens (including phenoxy) is 1. The summed E-state index contributed by atoms with van der Waals surface area (Å²) in [7, 11) is -0.286. The van der Waals surface area contributed by atoms with Crippen LogP contribution in [0.3, 0.4) is 0 Å². The number of nitrogens with one attached hydrogen (secondary N) is 1. The van der Waals surface area contributed by atoms with Gasteiger partial charge in [-0.3, -0.25) is 9.36 Å². The Bertz CT molecular complexity index is 1630. The highest BCUT2D eigenvalue weighted by Gasteiger charge is 2.50. The van der Waals surface area contributed by atoms with Crippen LogP contribution in [0, 0.1) is 6.92 Å². The molecule has 0 atom stereocenters. The summed E-state index contributed by atoms with van der Waals surface area (Å²) >= 11 is 0. The number of rotatable bonds is 7. The molecule has 4 heterocycles. The highest BCUT2D eigenvalue weighted by Crippen LogP contribution is 2.37. The lowest BCUT2D eigenvalue weighted by molar-refractivity contribution is 0.00578. The van der Waals surface area contributed by atoms with Crippen LogP contribution in [0.4, 0.5) is 5.82 Å². The topological polar surface area (TPSA) is 114 Å². The second kappa shape index (κ2) is 10.3. The predicted molar refractivity (Wildman–Crippen MR) is 159 cm³/mol. The van der Waals surface area contributed by atoms with E-state index in [4.69, 9.17) is 29.7 Å². The number of fused-ring (bicyclic) bond motifs is 2. The van der Waals surface area contributed by atoms with Crippen molar-refractivity contribution in [2.24, 2.45) is 5.73 Å². The van der Waals surface area contributed by atoms with Crippen LogP contribution in [0.25, 0.3) is 16.9 Å². The first kappa shape index (κ1) is 27.4. The van der Waals surface area contributed by atoms with Crippen LogP contribution in [0.5, 0.6) is 0 Å². The van der Waals surface area contributed by atoms with Crippen molar-refractivity contribution in [3.8, 4) is 5.95 Å². The zero-order valence-corrected chi connectivity index (χ0v) is 24.3. The van der Waals surface area contributed by atoms with Crippen molar-refractivity contribution in [3.63, 3.8) is 0 Å². The van der Waals surface area contributed by atoms with Crippen LogP contribution in [-0.4, -0.2) is 45.4 Å². The number of anilines is 1. The molecule has 3 N–H and O–H groups in total. The van der Waals surface area contributed by atoms with Gasteiger partial charge in [-0.05, 0) is 63.9 Å². The number of nitrogens with two attached hydrogens (primary N) is 1. The maximum atomic E-state index is 12.1. The third-order valence-electron chi connectivity index (χ3n) is 8.46. The first-order chi connectivity index (χ1) is 19.5. The van der Waals surface area contributed by atoms with E-state index in [-0.39, 0.29) is 18.3 Å². The van der Waals surface area contributed by atoms with Gasteiger partial charge in [0.1, 0.15) is 5.82 Å². The highest BCUT2D eigenvalue weighted by molar-refractivity contribution is 6.45. The summed E-state index contributed by atoms with van der Waals surface area (Å²) in [5.41, 5.74) is 11.4. The maximum Gasteiger partial charge on any atom is 0.462 e. The predicted octanol–water partition coefficient (Wildman–Crippen LogP) is 4.69. The van der Waals surface area contributed by atoms with Gasteiger partial charge in [0, 0.05) is 41.5 Å². The minimum atomic E-state index is -0.459. The molecule has 6 rings (SSSR count). The van der Waals surface area contributed by atoms with Crippen LogP contribution in [0.1, 0.15) is 66.1 Å². The Labute approximate surface area is 240 Å². The highest BCUT2D eigenvalue weighted by atomic mass is 16.7. The van der Waals surface area contributed by atoms with E-state index in [0.29, 0.717) is 44.0 Å². The summed E-state index contributed by atoms with van der Waals surface area (Å²) in [5, 5.41) is 4.34. The van der Waals surface area contributed by atoms with E-state index in [1.807, 2.05) is 29.7 Å². The lowest BCUT2D eigenvalue weighted by atomic mass is 9.80. The lowest BCUT2D eigenvalue weighted by Crippen LogP contribution is -2.41. The summed E-state index contributed by atoms with van der Waals surface area (Å²) < 4.78 is 20.2. The second-order valence-corrected chi connectivity index (χ2v) is 11.9. The average molecular weight is 553 g/mol. The van der Waals surface area contributed by atoms with Crippen molar-refractivity contribution < 1.29 is 18.8 Å². The summed E-state index contributed by atoms with van der Waals surface area (Å²) in [6.07, 6.45) is 1.38. The molecule has 9 nitrogen and oxygen atoms in total. The van der Waals surface area contributed by atoms with Gasteiger partial charge in [0.2, 0.25) is 11.9 Å². The number of carbonyl (C=O) groups is 1. The van der Waals surface area contributed by atoms with Crippen molar-refractivity contribution in [2.45, 2.75) is 71.7 Å². The summed E-state index contributed by atoms with van der Waals surface area (Å²) in [5.74, 6) is 0.837. The quantitative estimate of drug-likeness (QED) is 0.320. The number of nitrogens with zero attached hydrogens (tertiary/aromatic N) is 3. The number of carbonyl (C=O) groups excluding carboxylic acids is 1. The van der Waals surface area contributed by atoms with Crippen LogP contribution >= 0.6 is 0 Å². The fourth-order valence-electron chi connectivity index (χ4n) is 5.60. The molecule has 2 aliphatic heterocycles. The molecule has 0 spiro atoms. The molecule has 212 valence electrons. The number of hydrogen-bond acceptors (Lipinski definition) is 7.